The molecule has 2 heterocycles. The summed E-state index contributed by atoms with van der Waals surface area (Å²) in [5.74, 6) is -0.502. The number of likely N-dealkylation sites (N-methyl/N-ethyl adjacent to an activating group) is 1. The maximum atomic E-state index is 11.1. The van der Waals surface area contributed by atoms with Crippen LogP contribution < -0.4 is 10.6 Å². The van der Waals surface area contributed by atoms with Gasteiger partial charge < -0.3 is 15.5 Å². The fraction of sp³-hybridized carbons (Fsp3) is 0.625. The molecule has 2 N–H and O–H groups in total. The number of carbonyl (C=O) groups is 1. The molecular weight excluding hydrogens is 214 g/mol. The Labute approximate surface area is 91.8 Å². The van der Waals surface area contributed by atoms with Crippen molar-refractivity contribution in [3.05, 3.63) is 5.69 Å². The number of primary amides is 1. The van der Waals surface area contributed by atoms with E-state index in [9.17, 15) is 4.79 Å². The van der Waals surface area contributed by atoms with Gasteiger partial charge in [0.1, 0.15) is 5.00 Å². The van der Waals surface area contributed by atoms with Gasteiger partial charge in [-0.1, -0.05) is 4.49 Å². The van der Waals surface area contributed by atoms with E-state index < -0.39 is 5.91 Å². The van der Waals surface area contributed by atoms with E-state index in [1.165, 1.54) is 11.5 Å². The molecule has 6 nitrogen and oxygen atoms in total. The largest absolute Gasteiger partial charge is 0.364 e. The number of hydrogen-bond acceptors (Lipinski definition) is 6. The molecule has 0 spiro atoms. The number of nitrogens with two attached hydrogens (primary N) is 1. The maximum Gasteiger partial charge on any atom is 0.272 e. The van der Waals surface area contributed by atoms with Gasteiger partial charge in [-0.05, 0) is 7.05 Å². The lowest BCUT2D eigenvalue weighted by Gasteiger charge is -2.32. The smallest absolute Gasteiger partial charge is 0.272 e. The van der Waals surface area contributed by atoms with Crippen molar-refractivity contribution >= 4 is 22.4 Å². The molecule has 0 atom stereocenters. The van der Waals surface area contributed by atoms with Crippen LogP contribution in [0.5, 0.6) is 0 Å². The fourth-order valence-electron chi connectivity index (χ4n) is 1.56. The molecule has 7 heteroatoms. The molecule has 0 aromatic carbocycles. The van der Waals surface area contributed by atoms with E-state index in [1.807, 2.05) is 0 Å². The van der Waals surface area contributed by atoms with Crippen molar-refractivity contribution in [2.45, 2.75) is 0 Å². The van der Waals surface area contributed by atoms with Gasteiger partial charge in [0.15, 0.2) is 5.69 Å². The van der Waals surface area contributed by atoms with E-state index in [-0.39, 0.29) is 0 Å². The van der Waals surface area contributed by atoms with E-state index in [1.54, 1.807) is 0 Å². The first-order valence-electron chi connectivity index (χ1n) is 4.74. The van der Waals surface area contributed by atoms with Crippen LogP contribution in [0.3, 0.4) is 0 Å². The number of hydrogen-bond donors (Lipinski definition) is 1. The van der Waals surface area contributed by atoms with Crippen molar-refractivity contribution in [1.82, 2.24) is 14.5 Å². The van der Waals surface area contributed by atoms with Gasteiger partial charge in [-0.25, -0.2) is 0 Å². The number of piperazine rings is 1. The minimum atomic E-state index is -0.502. The summed E-state index contributed by atoms with van der Waals surface area (Å²) in [6.07, 6.45) is 0. The molecule has 0 aliphatic carbocycles. The Hall–Kier alpha value is -1.21. The van der Waals surface area contributed by atoms with Crippen LogP contribution in [0, 0.1) is 0 Å². The lowest BCUT2D eigenvalue weighted by molar-refractivity contribution is 0.0996. The molecule has 1 aliphatic rings. The first-order chi connectivity index (χ1) is 7.18. The Morgan fingerprint density at radius 1 is 1.40 bits per heavy atom. The second-order valence-electron chi connectivity index (χ2n) is 3.58. The number of nitrogens with zero attached hydrogens (tertiary/aromatic N) is 4. The van der Waals surface area contributed by atoms with Crippen molar-refractivity contribution in [2.24, 2.45) is 5.73 Å². The second kappa shape index (κ2) is 4.11. The van der Waals surface area contributed by atoms with Crippen molar-refractivity contribution in [2.75, 3.05) is 38.1 Å². The summed E-state index contributed by atoms with van der Waals surface area (Å²) in [4.78, 5) is 15.4. The standard InChI is InChI=1S/C8H13N5OS/c1-12-2-4-13(5-3-12)8-6(7(9)14)10-11-15-8/h2-5H2,1H3,(H2,9,14). The van der Waals surface area contributed by atoms with Gasteiger partial charge >= 0.3 is 0 Å². The summed E-state index contributed by atoms with van der Waals surface area (Å²) in [7, 11) is 2.08. The molecule has 1 aromatic rings. The Bertz CT molecular complexity index is 358. The molecular formula is C8H13N5OS. The first kappa shape index (κ1) is 10.3. The third-order valence-corrected chi connectivity index (χ3v) is 3.28. The predicted octanol–water partition coefficient (Wildman–Crippen LogP) is -0.611. The lowest BCUT2D eigenvalue weighted by Crippen LogP contribution is -2.44. The van der Waals surface area contributed by atoms with E-state index in [2.05, 4.69) is 26.4 Å². The highest BCUT2D eigenvalue weighted by atomic mass is 32.1. The monoisotopic (exact) mass is 227 g/mol. The van der Waals surface area contributed by atoms with E-state index in [0.717, 1.165) is 31.2 Å². The molecule has 0 radical (unpaired) electrons. The molecule has 2 rings (SSSR count). The van der Waals surface area contributed by atoms with Gasteiger partial charge in [0.2, 0.25) is 0 Å². The quantitative estimate of drug-likeness (QED) is 0.729. The van der Waals surface area contributed by atoms with Crippen LogP contribution in [0.2, 0.25) is 0 Å². The van der Waals surface area contributed by atoms with Crippen LogP contribution in [0.4, 0.5) is 5.00 Å². The Balaban J connectivity index is 2.15. The third-order valence-electron chi connectivity index (χ3n) is 2.49. The van der Waals surface area contributed by atoms with Gasteiger partial charge in [-0.3, -0.25) is 4.79 Å². The molecule has 1 saturated heterocycles. The van der Waals surface area contributed by atoms with Gasteiger partial charge in [0.25, 0.3) is 5.91 Å². The van der Waals surface area contributed by atoms with Crippen LogP contribution >= 0.6 is 11.5 Å². The molecule has 0 bridgehead atoms. The zero-order valence-electron chi connectivity index (χ0n) is 8.51. The number of rotatable bonds is 2. The minimum Gasteiger partial charge on any atom is -0.364 e. The number of carbonyl (C=O) groups excluding carboxylic acids is 1. The van der Waals surface area contributed by atoms with Crippen LogP contribution in [0.1, 0.15) is 10.5 Å². The summed E-state index contributed by atoms with van der Waals surface area (Å²) in [6, 6.07) is 0. The number of anilines is 1. The molecule has 0 unspecified atom stereocenters. The molecule has 1 fully saturated rings. The van der Waals surface area contributed by atoms with E-state index >= 15 is 0 Å². The van der Waals surface area contributed by atoms with Gasteiger partial charge in [0, 0.05) is 37.7 Å². The first-order valence-corrected chi connectivity index (χ1v) is 5.51. The summed E-state index contributed by atoms with van der Waals surface area (Å²) in [5, 5.41) is 4.55. The number of aromatic nitrogens is 2. The van der Waals surface area contributed by atoms with Crippen LogP contribution in [0.15, 0.2) is 0 Å². The summed E-state index contributed by atoms with van der Waals surface area (Å²) < 4.78 is 3.77. The number of amides is 1. The van der Waals surface area contributed by atoms with Crippen LogP contribution in [-0.4, -0.2) is 53.6 Å². The normalized spacial score (nSPS) is 18.1. The van der Waals surface area contributed by atoms with E-state index in [0.29, 0.717) is 5.69 Å². The van der Waals surface area contributed by atoms with Crippen molar-refractivity contribution in [1.29, 1.82) is 0 Å². The summed E-state index contributed by atoms with van der Waals surface area (Å²) in [6.45, 7) is 3.74. The highest BCUT2D eigenvalue weighted by molar-refractivity contribution is 7.10. The highest BCUT2D eigenvalue weighted by Gasteiger charge is 2.22. The Morgan fingerprint density at radius 2 is 2.07 bits per heavy atom. The zero-order chi connectivity index (χ0) is 10.8. The predicted molar refractivity (Wildman–Crippen MR) is 58.1 cm³/mol. The van der Waals surface area contributed by atoms with Gasteiger partial charge in [-0.15, -0.1) is 5.10 Å². The maximum absolute atomic E-state index is 11.1. The Kier molecular flexibility index (Phi) is 2.83. The van der Waals surface area contributed by atoms with Crippen LogP contribution in [-0.2, 0) is 0 Å². The SMILES string of the molecule is CN1CCN(c2snnc2C(N)=O)CC1. The average Bonchev–Trinajstić information content (AvgIpc) is 2.67. The topological polar surface area (TPSA) is 75.3 Å². The average molecular weight is 227 g/mol. The molecule has 0 saturated carbocycles. The fourth-order valence-corrected chi connectivity index (χ4v) is 2.28. The van der Waals surface area contributed by atoms with Gasteiger partial charge in [0.05, 0.1) is 0 Å². The van der Waals surface area contributed by atoms with Gasteiger partial charge in [-0.2, -0.15) is 0 Å². The zero-order valence-corrected chi connectivity index (χ0v) is 9.33. The second-order valence-corrected chi connectivity index (χ2v) is 4.31. The molecule has 82 valence electrons. The summed E-state index contributed by atoms with van der Waals surface area (Å²) >= 11 is 1.23. The Morgan fingerprint density at radius 3 is 2.67 bits per heavy atom. The minimum absolute atomic E-state index is 0.296. The van der Waals surface area contributed by atoms with Crippen molar-refractivity contribution in [3.8, 4) is 0 Å². The highest BCUT2D eigenvalue weighted by Crippen LogP contribution is 2.23. The van der Waals surface area contributed by atoms with E-state index in [4.69, 9.17) is 5.73 Å². The molecule has 1 aliphatic heterocycles. The molecule has 1 amide bonds. The van der Waals surface area contributed by atoms with Crippen LogP contribution in [0.25, 0.3) is 0 Å². The molecule has 1 aromatic heterocycles. The van der Waals surface area contributed by atoms with Crippen molar-refractivity contribution in [3.63, 3.8) is 0 Å². The summed E-state index contributed by atoms with van der Waals surface area (Å²) in [5.41, 5.74) is 5.52. The van der Waals surface area contributed by atoms with Crippen molar-refractivity contribution < 1.29 is 4.79 Å². The lowest BCUT2D eigenvalue weighted by atomic mass is 10.3. The third kappa shape index (κ3) is 2.07. The molecule has 15 heavy (non-hydrogen) atoms.